The van der Waals surface area contributed by atoms with Crippen molar-refractivity contribution in [3.8, 4) is 0 Å². The van der Waals surface area contributed by atoms with E-state index >= 15 is 0 Å². The van der Waals surface area contributed by atoms with Crippen LogP contribution in [0.4, 0.5) is 0 Å². The molecule has 2 nitrogen and oxygen atoms in total. The molecule has 1 aliphatic heterocycles. The van der Waals surface area contributed by atoms with E-state index in [1.807, 2.05) is 5.51 Å². The van der Waals surface area contributed by atoms with Crippen LogP contribution in [0.1, 0.15) is 10.6 Å². The van der Waals surface area contributed by atoms with E-state index in [0.29, 0.717) is 0 Å². The maximum Gasteiger partial charge on any atom is 0.0798 e. The van der Waals surface area contributed by atoms with Crippen LogP contribution in [0.2, 0.25) is 0 Å². The topological polar surface area (TPSA) is 16.1 Å². The Morgan fingerprint density at radius 2 is 2.45 bits per heavy atom. The molecular formula is C7H11ClN2S. The highest BCUT2D eigenvalue weighted by atomic mass is 35.5. The number of halogens is 1. The first kappa shape index (κ1) is 8.97. The summed E-state index contributed by atoms with van der Waals surface area (Å²) < 4.78 is 0. The Kier molecular flexibility index (Phi) is 2.87. The second kappa shape index (κ2) is 3.52. The molecule has 2 heterocycles. The molecule has 0 aromatic carbocycles. The fourth-order valence-corrected chi connectivity index (χ4v) is 2.14. The lowest BCUT2D eigenvalue weighted by Gasteiger charge is -2.20. The van der Waals surface area contributed by atoms with Crippen LogP contribution in [0.5, 0.6) is 0 Å². The molecule has 0 saturated heterocycles. The van der Waals surface area contributed by atoms with E-state index in [-0.39, 0.29) is 12.4 Å². The number of fused-ring (bicyclic) bond motifs is 1. The van der Waals surface area contributed by atoms with Crippen LogP contribution in [-0.4, -0.2) is 23.5 Å². The van der Waals surface area contributed by atoms with Gasteiger partial charge in [-0.2, -0.15) is 0 Å². The lowest BCUT2D eigenvalue weighted by Crippen LogP contribution is -2.25. The summed E-state index contributed by atoms with van der Waals surface area (Å²) in [5.74, 6) is 0. The number of likely N-dealkylation sites (N-methyl/N-ethyl adjacent to an activating group) is 1. The molecule has 0 fully saturated rings. The lowest BCUT2D eigenvalue weighted by atomic mass is 10.2. The Balaban J connectivity index is 0.000000605. The quantitative estimate of drug-likeness (QED) is 0.617. The molecule has 1 aliphatic rings. The van der Waals surface area contributed by atoms with E-state index in [1.54, 1.807) is 11.3 Å². The maximum absolute atomic E-state index is 4.28. The minimum atomic E-state index is 0. The summed E-state index contributed by atoms with van der Waals surface area (Å²) in [7, 11) is 2.16. The molecule has 0 atom stereocenters. The fraction of sp³-hybridized carbons (Fsp3) is 0.571. The molecule has 0 aliphatic carbocycles. The third kappa shape index (κ3) is 1.72. The summed E-state index contributed by atoms with van der Waals surface area (Å²) >= 11 is 1.78. The normalized spacial score (nSPS) is 17.2. The lowest BCUT2D eigenvalue weighted by molar-refractivity contribution is 0.314. The van der Waals surface area contributed by atoms with Gasteiger partial charge in [0.05, 0.1) is 11.2 Å². The first-order valence-electron chi connectivity index (χ1n) is 3.46. The van der Waals surface area contributed by atoms with E-state index in [0.717, 1.165) is 19.5 Å². The number of aromatic nitrogens is 1. The molecule has 4 heteroatoms. The number of thiazole rings is 1. The van der Waals surface area contributed by atoms with E-state index in [9.17, 15) is 0 Å². The number of rotatable bonds is 0. The van der Waals surface area contributed by atoms with Crippen molar-refractivity contribution < 1.29 is 0 Å². The monoisotopic (exact) mass is 190 g/mol. The van der Waals surface area contributed by atoms with Crippen molar-refractivity contribution in [3.05, 3.63) is 16.1 Å². The van der Waals surface area contributed by atoms with Crippen LogP contribution in [0.15, 0.2) is 5.51 Å². The van der Waals surface area contributed by atoms with Crippen molar-refractivity contribution in [3.63, 3.8) is 0 Å². The molecule has 0 amide bonds. The molecule has 0 saturated carbocycles. The van der Waals surface area contributed by atoms with Crippen molar-refractivity contribution in [2.24, 2.45) is 0 Å². The van der Waals surface area contributed by atoms with Gasteiger partial charge in [0.15, 0.2) is 0 Å². The summed E-state index contributed by atoms with van der Waals surface area (Å²) in [4.78, 5) is 8.07. The Hall–Kier alpha value is -0.120. The van der Waals surface area contributed by atoms with Crippen LogP contribution >= 0.6 is 23.7 Å². The summed E-state index contributed by atoms with van der Waals surface area (Å²) in [5.41, 5.74) is 3.27. The first-order chi connectivity index (χ1) is 4.86. The van der Waals surface area contributed by atoms with Gasteiger partial charge < -0.3 is 4.90 Å². The van der Waals surface area contributed by atoms with Gasteiger partial charge in [0, 0.05) is 24.4 Å². The second-order valence-electron chi connectivity index (χ2n) is 2.71. The highest BCUT2D eigenvalue weighted by molar-refractivity contribution is 7.09. The van der Waals surface area contributed by atoms with Crippen LogP contribution in [0.3, 0.4) is 0 Å². The predicted octanol–water partition coefficient (Wildman–Crippen LogP) is 1.55. The third-order valence-electron chi connectivity index (χ3n) is 1.87. The van der Waals surface area contributed by atoms with Crippen molar-refractivity contribution in [1.29, 1.82) is 0 Å². The van der Waals surface area contributed by atoms with E-state index < -0.39 is 0 Å². The summed E-state index contributed by atoms with van der Waals surface area (Å²) in [6.45, 7) is 2.26. The largest absolute Gasteiger partial charge is 0.301 e. The van der Waals surface area contributed by atoms with Gasteiger partial charge in [0.1, 0.15) is 0 Å². The molecule has 0 spiro atoms. The number of hydrogen-bond donors (Lipinski definition) is 0. The highest BCUT2D eigenvalue weighted by Crippen LogP contribution is 2.19. The molecule has 1 aromatic heterocycles. The Morgan fingerprint density at radius 3 is 3.27 bits per heavy atom. The zero-order valence-electron chi connectivity index (χ0n) is 6.41. The van der Waals surface area contributed by atoms with E-state index in [2.05, 4.69) is 16.9 Å². The van der Waals surface area contributed by atoms with Gasteiger partial charge in [-0.3, -0.25) is 0 Å². The molecule has 11 heavy (non-hydrogen) atoms. The van der Waals surface area contributed by atoms with Crippen molar-refractivity contribution in [2.45, 2.75) is 13.0 Å². The van der Waals surface area contributed by atoms with Gasteiger partial charge in [-0.25, -0.2) is 4.98 Å². The van der Waals surface area contributed by atoms with Crippen LogP contribution in [0.25, 0.3) is 0 Å². The Bertz CT molecular complexity index is 236. The minimum absolute atomic E-state index is 0. The smallest absolute Gasteiger partial charge is 0.0798 e. The van der Waals surface area contributed by atoms with E-state index in [4.69, 9.17) is 0 Å². The fourth-order valence-electron chi connectivity index (χ4n) is 1.25. The van der Waals surface area contributed by atoms with Gasteiger partial charge in [-0.05, 0) is 7.05 Å². The summed E-state index contributed by atoms with van der Waals surface area (Å²) in [6, 6.07) is 0. The Labute approximate surface area is 76.7 Å². The number of hydrogen-bond acceptors (Lipinski definition) is 3. The molecular weight excluding hydrogens is 180 g/mol. The molecule has 2 rings (SSSR count). The predicted molar refractivity (Wildman–Crippen MR) is 49.4 cm³/mol. The summed E-state index contributed by atoms with van der Waals surface area (Å²) in [6.07, 6.45) is 1.13. The minimum Gasteiger partial charge on any atom is -0.301 e. The van der Waals surface area contributed by atoms with Gasteiger partial charge >= 0.3 is 0 Å². The van der Waals surface area contributed by atoms with Gasteiger partial charge in [-0.1, -0.05) is 0 Å². The summed E-state index contributed by atoms with van der Waals surface area (Å²) in [5, 5.41) is 0. The van der Waals surface area contributed by atoms with Gasteiger partial charge in [-0.15, -0.1) is 23.7 Å². The molecule has 1 aromatic rings. The average molecular weight is 191 g/mol. The molecule has 0 bridgehead atoms. The van der Waals surface area contributed by atoms with Gasteiger partial charge in [0.25, 0.3) is 0 Å². The zero-order chi connectivity index (χ0) is 6.97. The molecule has 0 radical (unpaired) electrons. The van der Waals surface area contributed by atoms with Crippen molar-refractivity contribution >= 4 is 23.7 Å². The zero-order valence-corrected chi connectivity index (χ0v) is 8.04. The van der Waals surface area contributed by atoms with E-state index in [1.165, 1.54) is 10.6 Å². The van der Waals surface area contributed by atoms with Crippen LogP contribution < -0.4 is 0 Å². The van der Waals surface area contributed by atoms with Gasteiger partial charge in [0.2, 0.25) is 0 Å². The van der Waals surface area contributed by atoms with Crippen LogP contribution in [0, 0.1) is 0 Å². The van der Waals surface area contributed by atoms with Crippen molar-refractivity contribution in [2.75, 3.05) is 13.6 Å². The van der Waals surface area contributed by atoms with Crippen molar-refractivity contribution in [1.82, 2.24) is 9.88 Å². The standard InChI is InChI=1S/C7H10N2S.ClH/c1-9-3-2-6-7(4-9)10-5-8-6;/h5H,2-4H2,1H3;1H. The third-order valence-corrected chi connectivity index (χ3v) is 2.73. The molecule has 0 unspecified atom stereocenters. The Morgan fingerprint density at radius 1 is 1.64 bits per heavy atom. The SMILES string of the molecule is CN1CCc2ncsc2C1.Cl. The first-order valence-corrected chi connectivity index (χ1v) is 4.34. The molecule has 62 valence electrons. The maximum atomic E-state index is 4.28. The van der Waals surface area contributed by atoms with Crippen LogP contribution in [-0.2, 0) is 13.0 Å². The molecule has 0 N–H and O–H groups in total. The average Bonchev–Trinajstić information content (AvgIpc) is 2.33. The number of nitrogens with zero attached hydrogens (tertiary/aromatic N) is 2. The highest BCUT2D eigenvalue weighted by Gasteiger charge is 2.14. The second-order valence-corrected chi connectivity index (χ2v) is 3.65.